The van der Waals surface area contributed by atoms with Crippen LogP contribution in [0.15, 0.2) is 105 Å². The lowest BCUT2D eigenvalue weighted by molar-refractivity contribution is 0.156. The number of hydrogen-bond acceptors (Lipinski definition) is 6. The van der Waals surface area contributed by atoms with Gasteiger partial charge in [0.05, 0.1) is 15.5 Å². The van der Waals surface area contributed by atoms with E-state index in [0.717, 1.165) is 39.1 Å². The number of allylic oxidation sites excluding steroid dienone is 2. The molecule has 0 saturated heterocycles. The molecule has 4 rings (SSSR count). The normalized spacial score (nSPS) is 16.9. The van der Waals surface area contributed by atoms with E-state index in [9.17, 15) is 16.8 Å². The van der Waals surface area contributed by atoms with E-state index >= 15 is 0 Å². The summed E-state index contributed by atoms with van der Waals surface area (Å²) in [6.45, 7) is 5.82. The van der Waals surface area contributed by atoms with E-state index in [1.165, 1.54) is 6.26 Å². The van der Waals surface area contributed by atoms with Crippen LogP contribution in [0.2, 0.25) is 0 Å². The van der Waals surface area contributed by atoms with E-state index in [4.69, 9.17) is 4.74 Å². The van der Waals surface area contributed by atoms with Gasteiger partial charge in [-0.3, -0.25) is 0 Å². The van der Waals surface area contributed by atoms with Gasteiger partial charge >= 0.3 is 0 Å². The van der Waals surface area contributed by atoms with Gasteiger partial charge in [0.25, 0.3) is 0 Å². The molecular formula is C30H33NO5S2. The molecule has 0 aliphatic heterocycles. The van der Waals surface area contributed by atoms with Crippen molar-refractivity contribution < 1.29 is 21.6 Å². The standard InChI is InChI=1S/C30H33NO5S2/c1-6-38(34,35)25-11-9-10-22(19-25)26-12-7-8-13-27(26)29-20(2)18-28(21(29)3)30(36-4)31-23-14-16-24(17-15-23)37(5,32)33/h7-19,29-31H,6H2,1-5H3/t29?,30-/m0/s1. The number of benzene rings is 3. The largest absolute Gasteiger partial charge is 0.357 e. The van der Waals surface area contributed by atoms with Crippen LogP contribution < -0.4 is 5.32 Å². The molecule has 0 spiro atoms. The van der Waals surface area contributed by atoms with E-state index < -0.39 is 25.9 Å². The van der Waals surface area contributed by atoms with Gasteiger partial charge in [-0.2, -0.15) is 0 Å². The van der Waals surface area contributed by atoms with Crippen molar-refractivity contribution in [2.75, 3.05) is 24.4 Å². The molecule has 3 aromatic carbocycles. The molecule has 38 heavy (non-hydrogen) atoms. The van der Waals surface area contributed by atoms with Crippen molar-refractivity contribution in [3.63, 3.8) is 0 Å². The van der Waals surface area contributed by atoms with Gasteiger partial charge in [0.2, 0.25) is 0 Å². The van der Waals surface area contributed by atoms with E-state index in [-0.39, 0.29) is 16.6 Å². The predicted octanol–water partition coefficient (Wildman–Crippen LogP) is 6.00. The molecular weight excluding hydrogens is 518 g/mol. The Hall–Kier alpha value is -3.20. The molecule has 0 radical (unpaired) electrons. The molecule has 0 heterocycles. The van der Waals surface area contributed by atoms with E-state index in [1.807, 2.05) is 24.3 Å². The second-order valence-corrected chi connectivity index (χ2v) is 13.8. The first-order valence-corrected chi connectivity index (χ1v) is 15.9. The molecule has 1 aliphatic carbocycles. The first-order valence-electron chi connectivity index (χ1n) is 12.4. The summed E-state index contributed by atoms with van der Waals surface area (Å²) in [7, 11) is -4.97. The lowest BCUT2D eigenvalue weighted by Crippen LogP contribution is -2.24. The molecule has 0 saturated carbocycles. The third kappa shape index (κ3) is 5.62. The zero-order valence-electron chi connectivity index (χ0n) is 22.2. The van der Waals surface area contributed by atoms with Gasteiger partial charge in [0, 0.05) is 30.5 Å². The summed E-state index contributed by atoms with van der Waals surface area (Å²) < 4.78 is 54.5. The van der Waals surface area contributed by atoms with Crippen LogP contribution in [0.3, 0.4) is 0 Å². The monoisotopic (exact) mass is 551 g/mol. The van der Waals surface area contributed by atoms with Crippen LogP contribution >= 0.6 is 0 Å². The minimum Gasteiger partial charge on any atom is -0.357 e. The zero-order chi connectivity index (χ0) is 27.7. The summed E-state index contributed by atoms with van der Waals surface area (Å²) in [6, 6.07) is 21.8. The number of rotatable bonds is 9. The molecule has 200 valence electrons. The molecule has 0 aromatic heterocycles. The number of nitrogens with one attached hydrogen (secondary N) is 1. The zero-order valence-corrected chi connectivity index (χ0v) is 23.9. The van der Waals surface area contributed by atoms with Gasteiger partial charge in [-0.05, 0) is 66.9 Å². The fourth-order valence-corrected chi connectivity index (χ4v) is 6.52. The van der Waals surface area contributed by atoms with Crippen LogP contribution in [0.25, 0.3) is 11.1 Å². The van der Waals surface area contributed by atoms with Gasteiger partial charge in [0.15, 0.2) is 25.9 Å². The Morgan fingerprint density at radius 3 is 2.21 bits per heavy atom. The summed E-state index contributed by atoms with van der Waals surface area (Å²) >= 11 is 0. The van der Waals surface area contributed by atoms with Crippen molar-refractivity contribution in [3.8, 4) is 11.1 Å². The van der Waals surface area contributed by atoms with Crippen molar-refractivity contribution in [2.24, 2.45) is 0 Å². The van der Waals surface area contributed by atoms with Crippen molar-refractivity contribution in [1.29, 1.82) is 0 Å². The van der Waals surface area contributed by atoms with Gasteiger partial charge in [-0.15, -0.1) is 0 Å². The Bertz CT molecular complexity index is 1620. The van der Waals surface area contributed by atoms with Gasteiger partial charge in [0.1, 0.15) is 0 Å². The number of methoxy groups -OCH3 is 1. The van der Waals surface area contributed by atoms with Crippen LogP contribution in [-0.4, -0.2) is 42.2 Å². The molecule has 0 fully saturated rings. The van der Waals surface area contributed by atoms with Crippen LogP contribution in [0.4, 0.5) is 5.69 Å². The smallest absolute Gasteiger partial charge is 0.178 e. The van der Waals surface area contributed by atoms with Crippen molar-refractivity contribution in [1.82, 2.24) is 0 Å². The Morgan fingerprint density at radius 1 is 0.895 bits per heavy atom. The Kier molecular flexibility index (Phi) is 7.97. The molecule has 1 N–H and O–H groups in total. The average Bonchev–Trinajstić information content (AvgIpc) is 3.20. The van der Waals surface area contributed by atoms with E-state index in [0.29, 0.717) is 4.90 Å². The summed E-state index contributed by atoms with van der Waals surface area (Å²) in [5.74, 6) is 0.0515. The summed E-state index contributed by atoms with van der Waals surface area (Å²) in [5, 5.41) is 3.36. The molecule has 2 atom stereocenters. The minimum absolute atomic E-state index is 0.000279. The Labute approximate surface area is 225 Å². The molecule has 1 aliphatic rings. The maximum atomic E-state index is 12.5. The second-order valence-electron chi connectivity index (χ2n) is 9.53. The van der Waals surface area contributed by atoms with E-state index in [2.05, 4.69) is 31.3 Å². The molecule has 1 unspecified atom stereocenters. The lowest BCUT2D eigenvalue weighted by atomic mass is 9.84. The first-order chi connectivity index (χ1) is 18.0. The Morgan fingerprint density at radius 2 is 1.58 bits per heavy atom. The van der Waals surface area contributed by atoms with Crippen LogP contribution in [-0.2, 0) is 24.4 Å². The average molecular weight is 552 g/mol. The van der Waals surface area contributed by atoms with Crippen molar-refractivity contribution in [2.45, 2.75) is 42.7 Å². The first kappa shape index (κ1) is 27.8. The highest BCUT2D eigenvalue weighted by Gasteiger charge is 2.30. The maximum absolute atomic E-state index is 12.5. The van der Waals surface area contributed by atoms with Crippen molar-refractivity contribution in [3.05, 3.63) is 101 Å². The van der Waals surface area contributed by atoms with Crippen molar-refractivity contribution >= 4 is 25.4 Å². The summed E-state index contributed by atoms with van der Waals surface area (Å²) in [4.78, 5) is 0.584. The lowest BCUT2D eigenvalue weighted by Gasteiger charge is -2.23. The number of sulfone groups is 2. The topological polar surface area (TPSA) is 89.5 Å². The van der Waals surface area contributed by atoms with E-state index in [1.54, 1.807) is 56.5 Å². The number of anilines is 1. The van der Waals surface area contributed by atoms with Crippen LogP contribution in [0, 0.1) is 0 Å². The molecule has 6 nitrogen and oxygen atoms in total. The maximum Gasteiger partial charge on any atom is 0.178 e. The summed E-state index contributed by atoms with van der Waals surface area (Å²) in [6.07, 6.45) is 2.87. The van der Waals surface area contributed by atoms with Crippen LogP contribution in [0.5, 0.6) is 0 Å². The van der Waals surface area contributed by atoms with Gasteiger partial charge in [-0.1, -0.05) is 60.5 Å². The SMILES string of the molecule is CCS(=O)(=O)c1cccc(-c2ccccc2C2C(C)=CC([C@@H](Nc3ccc(S(C)(=O)=O)cc3)OC)=C2C)c1. The number of hydrogen-bond donors (Lipinski definition) is 1. The Balaban J connectivity index is 1.70. The highest BCUT2D eigenvalue weighted by Crippen LogP contribution is 2.44. The number of ether oxygens (including phenoxy) is 1. The molecule has 0 bridgehead atoms. The third-order valence-electron chi connectivity index (χ3n) is 6.98. The molecule has 8 heteroatoms. The second kappa shape index (κ2) is 10.9. The highest BCUT2D eigenvalue weighted by molar-refractivity contribution is 7.91. The fourth-order valence-electron chi connectivity index (χ4n) is 4.96. The minimum atomic E-state index is -3.33. The third-order valence-corrected chi connectivity index (χ3v) is 9.84. The molecule has 0 amide bonds. The predicted molar refractivity (Wildman–Crippen MR) is 153 cm³/mol. The molecule has 3 aromatic rings. The van der Waals surface area contributed by atoms with Gasteiger partial charge in [-0.25, -0.2) is 16.8 Å². The van der Waals surface area contributed by atoms with Gasteiger partial charge < -0.3 is 10.1 Å². The quantitative estimate of drug-likeness (QED) is 0.328. The fraction of sp³-hybridized carbons (Fsp3) is 0.267. The van der Waals surface area contributed by atoms with Crippen LogP contribution in [0.1, 0.15) is 32.3 Å². The highest BCUT2D eigenvalue weighted by atomic mass is 32.2. The summed E-state index contributed by atoms with van der Waals surface area (Å²) in [5.41, 5.74) is 6.95.